The molecular formula is C21H20O4S2. The van der Waals surface area contributed by atoms with E-state index in [1.54, 1.807) is 35.7 Å². The van der Waals surface area contributed by atoms with Gasteiger partial charge in [0.25, 0.3) is 0 Å². The summed E-state index contributed by atoms with van der Waals surface area (Å²) in [7, 11) is 0. The number of rotatable bonds is 4. The molecule has 3 rings (SSSR count). The Bertz CT molecular complexity index is 893. The number of thioether (sulfide) groups is 2. The number of aliphatic hydroxyl groups excluding tert-OH is 1. The smallest absolute Gasteiger partial charge is 0.335 e. The minimum Gasteiger partial charge on any atom is -0.493 e. The van der Waals surface area contributed by atoms with Crippen LogP contribution in [0.25, 0.3) is 0 Å². The minimum atomic E-state index is -0.996. The van der Waals surface area contributed by atoms with Gasteiger partial charge in [0, 0.05) is 17.5 Å². The van der Waals surface area contributed by atoms with Gasteiger partial charge in [-0.1, -0.05) is 24.0 Å². The number of carbonyl (C=O) groups is 1. The van der Waals surface area contributed by atoms with E-state index in [1.165, 1.54) is 12.1 Å². The second-order valence-electron chi connectivity index (χ2n) is 6.07. The molecule has 1 heterocycles. The fourth-order valence-electron chi connectivity index (χ4n) is 3.01. The fourth-order valence-corrected chi connectivity index (χ4v) is 5.01. The van der Waals surface area contributed by atoms with Crippen molar-refractivity contribution in [1.82, 2.24) is 0 Å². The third-order valence-electron chi connectivity index (χ3n) is 4.56. The first-order valence-electron chi connectivity index (χ1n) is 8.39. The lowest BCUT2D eigenvalue weighted by molar-refractivity contribution is 0.0696. The molecule has 0 fully saturated rings. The van der Waals surface area contributed by atoms with Crippen molar-refractivity contribution in [3.8, 4) is 17.6 Å². The van der Waals surface area contributed by atoms with E-state index < -0.39 is 12.1 Å². The molecule has 2 aromatic carbocycles. The fraction of sp³-hybridized carbons (Fsp3) is 0.286. The summed E-state index contributed by atoms with van der Waals surface area (Å²) < 4.78 is 5.75. The predicted octanol–water partition coefficient (Wildman–Crippen LogP) is 4.13. The number of benzene rings is 2. The highest BCUT2D eigenvalue weighted by atomic mass is 32.2. The first kappa shape index (κ1) is 19.7. The van der Waals surface area contributed by atoms with E-state index in [0.29, 0.717) is 12.2 Å². The molecule has 0 spiro atoms. The van der Waals surface area contributed by atoms with Crippen molar-refractivity contribution in [3.05, 3.63) is 64.7 Å². The molecule has 0 aliphatic carbocycles. The van der Waals surface area contributed by atoms with Crippen LogP contribution in [-0.2, 0) is 4.08 Å². The lowest BCUT2D eigenvalue weighted by atomic mass is 10.0. The van der Waals surface area contributed by atoms with Crippen molar-refractivity contribution in [2.45, 2.75) is 16.6 Å². The number of hydrogen-bond donors (Lipinski definition) is 2. The first-order valence-corrected chi connectivity index (χ1v) is 10.8. The predicted molar refractivity (Wildman–Crippen MR) is 111 cm³/mol. The summed E-state index contributed by atoms with van der Waals surface area (Å²) in [6, 6.07) is 11.9. The van der Waals surface area contributed by atoms with Crippen LogP contribution in [0.3, 0.4) is 0 Å². The Kier molecular flexibility index (Phi) is 6.05. The van der Waals surface area contributed by atoms with Gasteiger partial charge in [-0.2, -0.15) is 0 Å². The van der Waals surface area contributed by atoms with Gasteiger partial charge in [0.05, 0.1) is 16.2 Å². The third-order valence-corrected chi connectivity index (χ3v) is 7.73. The van der Waals surface area contributed by atoms with Crippen LogP contribution in [-0.4, -0.2) is 35.3 Å². The molecule has 140 valence electrons. The second kappa shape index (κ2) is 8.30. The molecule has 2 N–H and O–H groups in total. The molecule has 6 heteroatoms. The van der Waals surface area contributed by atoms with Crippen LogP contribution in [0.2, 0.25) is 0 Å². The molecule has 0 aromatic heterocycles. The van der Waals surface area contributed by atoms with Crippen molar-refractivity contribution in [2.24, 2.45) is 0 Å². The zero-order chi connectivity index (χ0) is 19.4. The summed E-state index contributed by atoms with van der Waals surface area (Å²) >= 11 is 3.61. The van der Waals surface area contributed by atoms with Gasteiger partial charge >= 0.3 is 5.97 Å². The van der Waals surface area contributed by atoms with Crippen LogP contribution in [0.5, 0.6) is 5.75 Å². The number of carboxylic acids is 1. The van der Waals surface area contributed by atoms with Gasteiger partial charge in [0.15, 0.2) is 0 Å². The Labute approximate surface area is 167 Å². The zero-order valence-corrected chi connectivity index (χ0v) is 16.7. The Morgan fingerprint density at radius 3 is 2.52 bits per heavy atom. The van der Waals surface area contributed by atoms with E-state index in [4.69, 9.17) is 9.84 Å². The lowest BCUT2D eigenvalue weighted by Gasteiger charge is -2.36. The Morgan fingerprint density at radius 2 is 1.89 bits per heavy atom. The Morgan fingerprint density at radius 1 is 1.19 bits per heavy atom. The number of hydrogen-bond acceptors (Lipinski definition) is 5. The van der Waals surface area contributed by atoms with Crippen molar-refractivity contribution in [1.29, 1.82) is 0 Å². The summed E-state index contributed by atoms with van der Waals surface area (Å²) in [4.78, 5) is 10.9. The summed E-state index contributed by atoms with van der Waals surface area (Å²) in [5, 5.41) is 19.2. The summed E-state index contributed by atoms with van der Waals surface area (Å²) in [6.45, 7) is 0.699. The molecule has 1 atom stereocenters. The van der Waals surface area contributed by atoms with E-state index in [-0.39, 0.29) is 9.64 Å². The van der Waals surface area contributed by atoms with Gasteiger partial charge in [-0.3, -0.25) is 0 Å². The van der Waals surface area contributed by atoms with Crippen molar-refractivity contribution >= 4 is 29.5 Å². The molecule has 0 amide bonds. The zero-order valence-electron chi connectivity index (χ0n) is 15.1. The average Bonchev–Trinajstić information content (AvgIpc) is 2.71. The molecule has 0 radical (unpaired) electrons. The van der Waals surface area contributed by atoms with E-state index >= 15 is 0 Å². The summed E-state index contributed by atoms with van der Waals surface area (Å²) in [6.07, 6.45) is 4.16. The number of aliphatic hydroxyl groups is 1. The summed E-state index contributed by atoms with van der Waals surface area (Å²) in [5.74, 6) is 5.76. The molecule has 1 aliphatic rings. The van der Waals surface area contributed by atoms with Crippen LogP contribution < -0.4 is 4.74 Å². The monoisotopic (exact) mass is 400 g/mol. The van der Waals surface area contributed by atoms with Gasteiger partial charge in [-0.25, -0.2) is 4.79 Å². The number of ether oxygens (including phenoxy) is 1. The molecule has 0 saturated heterocycles. The molecule has 27 heavy (non-hydrogen) atoms. The van der Waals surface area contributed by atoms with E-state index in [1.807, 2.05) is 18.2 Å². The SMILES string of the molecule is CSC1(SC)CCOc2ccc(C#CC(O)c3ccc(C(=O)O)cc3)cc21. The highest BCUT2D eigenvalue weighted by Crippen LogP contribution is 2.52. The summed E-state index contributed by atoms with van der Waals surface area (Å²) in [5.41, 5.74) is 2.68. The van der Waals surface area contributed by atoms with Crippen molar-refractivity contribution < 1.29 is 19.7 Å². The van der Waals surface area contributed by atoms with Gasteiger partial charge < -0.3 is 14.9 Å². The lowest BCUT2D eigenvalue weighted by Crippen LogP contribution is -2.26. The maximum absolute atomic E-state index is 10.9. The molecule has 1 aliphatic heterocycles. The van der Waals surface area contributed by atoms with E-state index in [2.05, 4.69) is 24.4 Å². The first-order chi connectivity index (χ1) is 13.0. The molecule has 4 nitrogen and oxygen atoms in total. The van der Waals surface area contributed by atoms with Crippen LogP contribution in [0.1, 0.15) is 39.6 Å². The van der Waals surface area contributed by atoms with Gasteiger partial charge in [0.2, 0.25) is 0 Å². The van der Waals surface area contributed by atoms with Crippen LogP contribution >= 0.6 is 23.5 Å². The number of aromatic carboxylic acids is 1. The number of fused-ring (bicyclic) bond motifs is 1. The normalized spacial score (nSPS) is 15.7. The van der Waals surface area contributed by atoms with Gasteiger partial charge in [-0.05, 0) is 48.4 Å². The standard InChI is InChI=1S/C21H20O4S2/c1-26-21(27-2)11-12-25-19-10-4-14(13-17(19)21)3-9-18(22)15-5-7-16(8-6-15)20(23)24/h4-8,10,13,18,22H,11-12H2,1-2H3,(H,23,24). The van der Waals surface area contributed by atoms with E-state index in [9.17, 15) is 9.90 Å². The van der Waals surface area contributed by atoms with E-state index in [0.717, 1.165) is 23.3 Å². The quantitative estimate of drug-likeness (QED) is 0.594. The maximum atomic E-state index is 10.9. The number of carboxylic acid groups (broad SMARTS) is 1. The third kappa shape index (κ3) is 4.11. The molecular weight excluding hydrogens is 380 g/mol. The highest BCUT2D eigenvalue weighted by Gasteiger charge is 2.36. The van der Waals surface area contributed by atoms with Crippen molar-refractivity contribution in [2.75, 3.05) is 19.1 Å². The molecule has 0 saturated carbocycles. The van der Waals surface area contributed by atoms with Crippen LogP contribution in [0.15, 0.2) is 42.5 Å². The van der Waals surface area contributed by atoms with Crippen LogP contribution in [0, 0.1) is 11.8 Å². The van der Waals surface area contributed by atoms with Crippen LogP contribution in [0.4, 0.5) is 0 Å². The topological polar surface area (TPSA) is 66.8 Å². The largest absolute Gasteiger partial charge is 0.493 e. The van der Waals surface area contributed by atoms with Crippen molar-refractivity contribution in [3.63, 3.8) is 0 Å². The molecule has 0 bridgehead atoms. The average molecular weight is 401 g/mol. The molecule has 1 unspecified atom stereocenters. The maximum Gasteiger partial charge on any atom is 0.335 e. The van der Waals surface area contributed by atoms with Gasteiger partial charge in [-0.15, -0.1) is 23.5 Å². The van der Waals surface area contributed by atoms with Gasteiger partial charge in [0.1, 0.15) is 11.9 Å². The molecule has 2 aromatic rings. The highest BCUT2D eigenvalue weighted by molar-refractivity contribution is 8.16. The second-order valence-corrected chi connectivity index (χ2v) is 8.54. The Balaban J connectivity index is 1.86. The minimum absolute atomic E-state index is 0.0451. The Hall–Kier alpha value is -2.07.